The number of pyridine rings is 1. The zero-order valence-corrected chi connectivity index (χ0v) is 17.4. The van der Waals surface area contributed by atoms with Crippen molar-refractivity contribution in [2.24, 2.45) is 0 Å². The Balaban J connectivity index is 1.30. The van der Waals surface area contributed by atoms with Crippen LogP contribution in [0.25, 0.3) is 10.9 Å². The average Bonchev–Trinajstić information content (AvgIpc) is 2.78. The number of carbonyl (C=O) groups excluding carboxylic acids is 2. The number of nitrogens with zero attached hydrogens (tertiary/aromatic N) is 1. The molecule has 2 N–H and O–H groups in total. The van der Waals surface area contributed by atoms with Crippen LogP contribution < -0.4 is 10.6 Å². The summed E-state index contributed by atoms with van der Waals surface area (Å²) in [6.45, 7) is 0.253. The van der Waals surface area contributed by atoms with Gasteiger partial charge in [0.15, 0.2) is 12.1 Å². The summed E-state index contributed by atoms with van der Waals surface area (Å²) in [4.78, 5) is 28.0. The number of anilines is 1. The molecule has 0 saturated heterocycles. The van der Waals surface area contributed by atoms with Crippen LogP contribution in [0.3, 0.4) is 0 Å². The highest BCUT2D eigenvalue weighted by Gasteiger charge is 2.22. The summed E-state index contributed by atoms with van der Waals surface area (Å²) in [6.07, 6.45) is 6.57. The van der Waals surface area contributed by atoms with Gasteiger partial charge in [-0.2, -0.15) is 0 Å². The number of Topliss-reactive ketones (excluding diaryl/α,β-unsaturated/α-hetero) is 1. The van der Waals surface area contributed by atoms with E-state index in [0.29, 0.717) is 28.2 Å². The number of fused-ring (bicyclic) bond motifs is 1. The van der Waals surface area contributed by atoms with Crippen molar-refractivity contribution in [2.75, 3.05) is 11.9 Å². The topological polar surface area (TPSA) is 71.1 Å². The van der Waals surface area contributed by atoms with Crippen molar-refractivity contribution < 1.29 is 9.59 Å². The lowest BCUT2D eigenvalue weighted by atomic mass is 9.90. The van der Waals surface area contributed by atoms with Crippen molar-refractivity contribution in [1.82, 2.24) is 10.3 Å². The molecule has 1 aliphatic carbocycles. The maximum atomic E-state index is 12.5. The van der Waals surface area contributed by atoms with E-state index in [1.54, 1.807) is 30.5 Å². The Morgan fingerprint density at radius 1 is 1.07 bits per heavy atom. The Labute approximate surface area is 180 Å². The quantitative estimate of drug-likeness (QED) is 0.419. The number of hydrogen-bond donors (Lipinski definition) is 2. The SMILES string of the molecule is O=Cc1ccccc1C(=O)CN[C@H]1CC[C@@H](Nc2ccnc3cc(Cl)ccc23)CC1. The van der Waals surface area contributed by atoms with Crippen molar-refractivity contribution in [1.29, 1.82) is 0 Å². The average molecular weight is 422 g/mol. The third kappa shape index (κ3) is 4.69. The summed E-state index contributed by atoms with van der Waals surface area (Å²) in [5.74, 6) is -0.0418. The third-order valence-corrected chi connectivity index (χ3v) is 5.97. The van der Waals surface area contributed by atoms with E-state index in [2.05, 4.69) is 15.6 Å². The zero-order chi connectivity index (χ0) is 20.9. The number of halogens is 1. The van der Waals surface area contributed by atoms with Gasteiger partial charge in [0.1, 0.15) is 0 Å². The number of aromatic nitrogens is 1. The second-order valence-electron chi connectivity index (χ2n) is 7.72. The van der Waals surface area contributed by atoms with Gasteiger partial charge in [0.25, 0.3) is 0 Å². The van der Waals surface area contributed by atoms with E-state index in [1.165, 1.54) is 0 Å². The number of rotatable bonds is 7. The Hall–Kier alpha value is -2.76. The van der Waals surface area contributed by atoms with E-state index >= 15 is 0 Å². The summed E-state index contributed by atoms with van der Waals surface area (Å²) in [5.41, 5.74) is 2.90. The molecule has 0 amide bonds. The molecular weight excluding hydrogens is 398 g/mol. The zero-order valence-electron chi connectivity index (χ0n) is 16.6. The fraction of sp³-hybridized carbons (Fsp3) is 0.292. The largest absolute Gasteiger partial charge is 0.382 e. The molecule has 1 saturated carbocycles. The normalized spacial score (nSPS) is 18.8. The monoisotopic (exact) mass is 421 g/mol. The molecule has 154 valence electrons. The maximum Gasteiger partial charge on any atom is 0.177 e. The molecule has 1 fully saturated rings. The number of ketones is 1. The van der Waals surface area contributed by atoms with Gasteiger partial charge in [0.2, 0.25) is 0 Å². The molecule has 4 rings (SSSR count). The molecule has 1 aliphatic rings. The second-order valence-corrected chi connectivity index (χ2v) is 8.16. The molecule has 0 unspecified atom stereocenters. The molecule has 0 bridgehead atoms. The lowest BCUT2D eigenvalue weighted by Crippen LogP contribution is -2.39. The van der Waals surface area contributed by atoms with E-state index in [-0.39, 0.29) is 12.3 Å². The fourth-order valence-electron chi connectivity index (χ4n) is 4.09. The second kappa shape index (κ2) is 9.37. The molecule has 2 aromatic carbocycles. The van der Waals surface area contributed by atoms with Gasteiger partial charge in [0, 0.05) is 45.5 Å². The fourth-order valence-corrected chi connectivity index (χ4v) is 4.26. The van der Waals surface area contributed by atoms with Crippen molar-refractivity contribution in [3.63, 3.8) is 0 Å². The standard InChI is InChI=1S/C24H24ClN3O2/c25-17-5-10-21-22(11-12-26-23(21)13-17)28-19-8-6-18(7-9-19)27-14-24(30)20-4-2-1-3-16(20)15-29/h1-5,10-13,15,18-19,27H,6-9,14H2,(H,26,28)/t18-,19+. The molecule has 6 heteroatoms. The van der Waals surface area contributed by atoms with Gasteiger partial charge >= 0.3 is 0 Å². The highest BCUT2D eigenvalue weighted by atomic mass is 35.5. The van der Waals surface area contributed by atoms with Crippen LogP contribution in [-0.2, 0) is 0 Å². The predicted molar refractivity (Wildman–Crippen MR) is 121 cm³/mol. The first kappa shape index (κ1) is 20.5. The van der Waals surface area contributed by atoms with E-state index in [1.807, 2.05) is 24.3 Å². The van der Waals surface area contributed by atoms with Crippen LogP contribution in [0.4, 0.5) is 5.69 Å². The van der Waals surface area contributed by atoms with Crippen LogP contribution in [0.1, 0.15) is 46.4 Å². The molecular formula is C24H24ClN3O2. The summed E-state index contributed by atoms with van der Waals surface area (Å²) in [5, 5.41) is 8.78. The van der Waals surface area contributed by atoms with Crippen LogP contribution in [0.15, 0.2) is 54.7 Å². The summed E-state index contributed by atoms with van der Waals surface area (Å²) < 4.78 is 0. The highest BCUT2D eigenvalue weighted by molar-refractivity contribution is 6.31. The van der Waals surface area contributed by atoms with Crippen molar-refractivity contribution in [3.05, 3.63) is 70.9 Å². The Bertz CT molecular complexity index is 1060. The molecule has 3 aromatic rings. The number of carbonyl (C=O) groups is 2. The van der Waals surface area contributed by atoms with Gasteiger partial charge in [-0.15, -0.1) is 0 Å². The first-order valence-corrected chi connectivity index (χ1v) is 10.6. The van der Waals surface area contributed by atoms with Gasteiger partial charge in [-0.1, -0.05) is 35.9 Å². The minimum Gasteiger partial charge on any atom is -0.382 e. The summed E-state index contributed by atoms with van der Waals surface area (Å²) in [7, 11) is 0. The molecule has 0 aliphatic heterocycles. The van der Waals surface area contributed by atoms with Crippen molar-refractivity contribution >= 4 is 40.3 Å². The molecule has 1 heterocycles. The Morgan fingerprint density at radius 3 is 2.63 bits per heavy atom. The van der Waals surface area contributed by atoms with E-state index in [4.69, 9.17) is 11.6 Å². The number of benzene rings is 2. The molecule has 30 heavy (non-hydrogen) atoms. The lowest BCUT2D eigenvalue weighted by Gasteiger charge is -2.30. The molecule has 1 aromatic heterocycles. The number of nitrogens with one attached hydrogen (secondary N) is 2. The number of aldehydes is 1. The maximum absolute atomic E-state index is 12.5. The van der Waals surface area contributed by atoms with Gasteiger partial charge in [-0.05, 0) is 49.9 Å². The summed E-state index contributed by atoms with van der Waals surface area (Å²) in [6, 6.07) is 15.4. The van der Waals surface area contributed by atoms with Crippen LogP contribution in [0, 0.1) is 0 Å². The molecule has 5 nitrogen and oxygen atoms in total. The van der Waals surface area contributed by atoms with Crippen LogP contribution >= 0.6 is 11.6 Å². The first-order valence-electron chi connectivity index (χ1n) is 10.3. The Morgan fingerprint density at radius 2 is 1.83 bits per heavy atom. The third-order valence-electron chi connectivity index (χ3n) is 5.73. The van der Waals surface area contributed by atoms with Crippen molar-refractivity contribution in [2.45, 2.75) is 37.8 Å². The lowest BCUT2D eigenvalue weighted by molar-refractivity contribution is 0.0978. The first-order chi connectivity index (χ1) is 14.6. The minimum absolute atomic E-state index is 0.0418. The highest BCUT2D eigenvalue weighted by Crippen LogP contribution is 2.28. The molecule has 0 spiro atoms. The minimum atomic E-state index is -0.0418. The molecule has 0 atom stereocenters. The predicted octanol–water partition coefficient (Wildman–Crippen LogP) is 4.90. The van der Waals surface area contributed by atoms with E-state index in [0.717, 1.165) is 48.6 Å². The van der Waals surface area contributed by atoms with Crippen LogP contribution in [0.2, 0.25) is 5.02 Å². The van der Waals surface area contributed by atoms with E-state index in [9.17, 15) is 9.59 Å². The smallest absolute Gasteiger partial charge is 0.177 e. The van der Waals surface area contributed by atoms with E-state index < -0.39 is 0 Å². The van der Waals surface area contributed by atoms with Gasteiger partial charge in [0.05, 0.1) is 12.1 Å². The Kier molecular flexibility index (Phi) is 6.41. The summed E-state index contributed by atoms with van der Waals surface area (Å²) >= 11 is 6.08. The van der Waals surface area contributed by atoms with Gasteiger partial charge in [-0.25, -0.2) is 0 Å². The number of hydrogen-bond acceptors (Lipinski definition) is 5. The van der Waals surface area contributed by atoms with Crippen LogP contribution in [-0.4, -0.2) is 35.7 Å². The van der Waals surface area contributed by atoms with Gasteiger partial charge in [-0.3, -0.25) is 14.6 Å². The van der Waals surface area contributed by atoms with Crippen LogP contribution in [0.5, 0.6) is 0 Å². The van der Waals surface area contributed by atoms with Gasteiger partial charge < -0.3 is 10.6 Å². The molecule has 0 radical (unpaired) electrons. The van der Waals surface area contributed by atoms with Crippen molar-refractivity contribution in [3.8, 4) is 0 Å².